The van der Waals surface area contributed by atoms with Crippen LogP contribution in [0.2, 0.25) is 0 Å². The van der Waals surface area contributed by atoms with Crippen LogP contribution in [0.25, 0.3) is 0 Å². The normalized spacial score (nSPS) is 16.0. The van der Waals surface area contributed by atoms with Crippen molar-refractivity contribution in [1.29, 1.82) is 0 Å². The zero-order valence-corrected chi connectivity index (χ0v) is 13.7. The Bertz CT molecular complexity index is 838. The first-order chi connectivity index (χ1) is 12.1. The predicted molar refractivity (Wildman–Crippen MR) is 90.8 cm³/mol. The van der Waals surface area contributed by atoms with Gasteiger partial charge >= 0.3 is 0 Å². The Labute approximate surface area is 144 Å². The Kier molecular flexibility index (Phi) is 5.06. The van der Waals surface area contributed by atoms with Crippen LogP contribution < -0.4 is 15.8 Å². The Morgan fingerprint density at radius 2 is 2.28 bits per heavy atom. The lowest BCUT2D eigenvalue weighted by Gasteiger charge is -2.12. The fourth-order valence-corrected chi connectivity index (χ4v) is 2.23. The van der Waals surface area contributed by atoms with Crippen molar-refractivity contribution in [2.24, 2.45) is 0 Å². The molecule has 2 aromatic rings. The van der Waals surface area contributed by atoms with Gasteiger partial charge in [0.25, 0.3) is 0 Å². The second-order valence-corrected chi connectivity index (χ2v) is 5.41. The summed E-state index contributed by atoms with van der Waals surface area (Å²) in [6.45, 7) is 2.60. The van der Waals surface area contributed by atoms with Gasteiger partial charge in [0.2, 0.25) is 11.8 Å². The third-order valence-electron chi connectivity index (χ3n) is 3.40. The highest BCUT2D eigenvalue weighted by Gasteiger charge is 2.19. The number of carbonyl (C=O) groups is 1. The topological polar surface area (TPSA) is 112 Å². The predicted octanol–water partition coefficient (Wildman–Crippen LogP) is 0.980. The summed E-state index contributed by atoms with van der Waals surface area (Å²) in [5.74, 6) is 6.38. The summed E-state index contributed by atoms with van der Waals surface area (Å²) < 4.78 is 11.0. The van der Waals surface area contributed by atoms with Gasteiger partial charge in [-0.15, -0.1) is 0 Å². The molecule has 2 aromatic heterocycles. The Morgan fingerprint density at radius 3 is 3.04 bits per heavy atom. The average Bonchev–Trinajstić information content (AvgIpc) is 3.08. The Hall–Kier alpha value is -3.18. The van der Waals surface area contributed by atoms with Crippen LogP contribution >= 0.6 is 0 Å². The number of nitrogens with zero attached hydrogens (tertiary/aromatic N) is 3. The Balaban J connectivity index is 1.79. The lowest BCUT2D eigenvalue weighted by Crippen LogP contribution is -2.18. The van der Waals surface area contributed by atoms with Crippen LogP contribution in [0, 0.1) is 11.8 Å². The van der Waals surface area contributed by atoms with Crippen LogP contribution in [0.3, 0.4) is 0 Å². The molecule has 1 saturated heterocycles. The van der Waals surface area contributed by atoms with Crippen molar-refractivity contribution in [3.63, 3.8) is 0 Å². The molecule has 3 N–H and O–H groups in total. The number of amides is 1. The number of nitrogens with two attached hydrogens (primary N) is 1. The van der Waals surface area contributed by atoms with Crippen molar-refractivity contribution in [2.75, 3.05) is 24.3 Å². The summed E-state index contributed by atoms with van der Waals surface area (Å²) in [6.07, 6.45) is 3.67. The van der Waals surface area contributed by atoms with E-state index in [1.807, 2.05) is 0 Å². The third kappa shape index (κ3) is 4.43. The van der Waals surface area contributed by atoms with Gasteiger partial charge in [0.05, 0.1) is 13.2 Å². The smallest absolute Gasteiger partial charge is 0.242 e. The lowest BCUT2D eigenvalue weighted by molar-refractivity contribution is -0.114. The zero-order chi connectivity index (χ0) is 17.6. The molecule has 3 heterocycles. The van der Waals surface area contributed by atoms with Crippen molar-refractivity contribution >= 4 is 17.4 Å². The summed E-state index contributed by atoms with van der Waals surface area (Å²) in [7, 11) is 0. The molecule has 1 amide bonds. The summed E-state index contributed by atoms with van der Waals surface area (Å²) in [5, 5.41) is 2.60. The second kappa shape index (κ2) is 7.59. The lowest BCUT2D eigenvalue weighted by atomic mass is 10.2. The van der Waals surface area contributed by atoms with E-state index in [0.29, 0.717) is 36.2 Å². The molecule has 0 spiro atoms. The minimum absolute atomic E-state index is 0.0570. The van der Waals surface area contributed by atoms with Gasteiger partial charge in [0.15, 0.2) is 0 Å². The summed E-state index contributed by atoms with van der Waals surface area (Å²) in [5.41, 5.74) is 7.40. The number of ether oxygens (including phenoxy) is 2. The maximum Gasteiger partial charge on any atom is 0.242 e. The number of anilines is 2. The van der Waals surface area contributed by atoms with Gasteiger partial charge in [-0.05, 0) is 18.1 Å². The number of rotatable bonds is 3. The SMILES string of the molecule is CC(=O)Nc1cc(C#Cc2ncnc(O[C@H]3CCOC3)c2N)ccn1. The van der Waals surface area contributed by atoms with Crippen molar-refractivity contribution < 1.29 is 14.3 Å². The second-order valence-electron chi connectivity index (χ2n) is 5.41. The van der Waals surface area contributed by atoms with Crippen molar-refractivity contribution in [3.05, 3.63) is 35.9 Å². The van der Waals surface area contributed by atoms with Gasteiger partial charge in [0, 0.05) is 25.1 Å². The van der Waals surface area contributed by atoms with Crippen molar-refractivity contribution in [1.82, 2.24) is 15.0 Å². The first kappa shape index (κ1) is 16.7. The molecule has 128 valence electrons. The van der Waals surface area contributed by atoms with Crippen LogP contribution in [-0.2, 0) is 9.53 Å². The summed E-state index contributed by atoms with van der Waals surface area (Å²) >= 11 is 0. The van der Waals surface area contributed by atoms with Gasteiger partial charge in [0.1, 0.15) is 29.6 Å². The molecule has 3 rings (SSSR count). The van der Waals surface area contributed by atoms with E-state index < -0.39 is 0 Å². The van der Waals surface area contributed by atoms with Gasteiger partial charge < -0.3 is 20.5 Å². The van der Waals surface area contributed by atoms with E-state index in [4.69, 9.17) is 15.2 Å². The molecule has 1 aliphatic rings. The number of hydrogen-bond donors (Lipinski definition) is 2. The molecule has 8 heteroatoms. The highest BCUT2D eigenvalue weighted by Crippen LogP contribution is 2.23. The average molecular weight is 339 g/mol. The fraction of sp³-hybridized carbons (Fsp3) is 0.294. The fourth-order valence-electron chi connectivity index (χ4n) is 2.23. The maximum absolute atomic E-state index is 11.1. The third-order valence-corrected chi connectivity index (χ3v) is 3.40. The van der Waals surface area contributed by atoms with Gasteiger partial charge in [-0.3, -0.25) is 4.79 Å². The maximum atomic E-state index is 11.1. The summed E-state index contributed by atoms with van der Waals surface area (Å²) in [4.78, 5) is 23.3. The molecular weight excluding hydrogens is 322 g/mol. The molecule has 1 aliphatic heterocycles. The molecule has 0 aromatic carbocycles. The van der Waals surface area contributed by atoms with E-state index in [1.165, 1.54) is 13.3 Å². The van der Waals surface area contributed by atoms with E-state index in [2.05, 4.69) is 32.1 Å². The molecule has 0 aliphatic carbocycles. The van der Waals surface area contributed by atoms with Crippen LogP contribution in [0.4, 0.5) is 11.5 Å². The van der Waals surface area contributed by atoms with E-state index in [1.54, 1.807) is 18.3 Å². The monoisotopic (exact) mass is 339 g/mol. The minimum atomic E-state index is -0.199. The molecule has 25 heavy (non-hydrogen) atoms. The molecular formula is C17H17N5O3. The van der Waals surface area contributed by atoms with E-state index >= 15 is 0 Å². The molecule has 0 bridgehead atoms. The van der Waals surface area contributed by atoms with Crippen molar-refractivity contribution in [2.45, 2.75) is 19.4 Å². The Morgan fingerprint density at radius 1 is 1.40 bits per heavy atom. The summed E-state index contributed by atoms with van der Waals surface area (Å²) in [6, 6.07) is 3.39. The molecule has 0 saturated carbocycles. The van der Waals surface area contributed by atoms with Gasteiger partial charge in [-0.2, -0.15) is 4.98 Å². The first-order valence-corrected chi connectivity index (χ1v) is 7.72. The largest absolute Gasteiger partial charge is 0.470 e. The van der Waals surface area contributed by atoms with E-state index in [0.717, 1.165) is 6.42 Å². The molecule has 0 unspecified atom stereocenters. The van der Waals surface area contributed by atoms with Crippen LogP contribution in [0.15, 0.2) is 24.7 Å². The van der Waals surface area contributed by atoms with Gasteiger partial charge in [-0.1, -0.05) is 5.92 Å². The highest BCUT2D eigenvalue weighted by molar-refractivity contribution is 5.87. The van der Waals surface area contributed by atoms with Crippen LogP contribution in [-0.4, -0.2) is 40.2 Å². The number of pyridine rings is 1. The number of aromatic nitrogens is 3. The van der Waals surface area contributed by atoms with Crippen LogP contribution in [0.5, 0.6) is 5.88 Å². The number of carbonyl (C=O) groups excluding carboxylic acids is 1. The molecule has 0 radical (unpaired) electrons. The van der Waals surface area contributed by atoms with Crippen molar-refractivity contribution in [3.8, 4) is 17.7 Å². The van der Waals surface area contributed by atoms with Gasteiger partial charge in [-0.25, -0.2) is 9.97 Å². The standard InChI is InChI=1S/C17H17N5O3/c1-11(23)22-15-8-12(4-6-19-15)2-3-14-16(18)17(21-10-20-14)25-13-5-7-24-9-13/h4,6,8,10,13H,5,7,9,18H2,1H3,(H,19,22,23)/t13-/m0/s1. The molecule has 1 atom stereocenters. The number of nitrogens with one attached hydrogen (secondary N) is 1. The quantitative estimate of drug-likeness (QED) is 0.802. The highest BCUT2D eigenvalue weighted by atomic mass is 16.5. The van der Waals surface area contributed by atoms with E-state index in [9.17, 15) is 4.79 Å². The first-order valence-electron chi connectivity index (χ1n) is 7.72. The number of nitrogen functional groups attached to an aromatic ring is 1. The zero-order valence-electron chi connectivity index (χ0n) is 13.7. The molecule has 8 nitrogen and oxygen atoms in total. The minimum Gasteiger partial charge on any atom is -0.470 e. The molecule has 1 fully saturated rings. The van der Waals surface area contributed by atoms with Crippen LogP contribution in [0.1, 0.15) is 24.6 Å². The number of hydrogen-bond acceptors (Lipinski definition) is 7. The van der Waals surface area contributed by atoms with E-state index in [-0.39, 0.29) is 17.7 Å².